The first kappa shape index (κ1) is 24.2. The van der Waals surface area contributed by atoms with Gasteiger partial charge in [-0.05, 0) is 62.6 Å². The Morgan fingerprint density at radius 1 is 1.06 bits per heavy atom. The molecule has 0 radical (unpaired) electrons. The van der Waals surface area contributed by atoms with Crippen molar-refractivity contribution in [1.82, 2.24) is 14.7 Å². The Morgan fingerprint density at radius 3 is 2.39 bits per heavy atom. The van der Waals surface area contributed by atoms with Crippen LogP contribution in [0, 0.1) is 12.7 Å². The van der Waals surface area contributed by atoms with Crippen LogP contribution < -0.4 is 5.32 Å². The average molecular weight is 451 g/mol. The van der Waals surface area contributed by atoms with Gasteiger partial charge in [0, 0.05) is 35.8 Å². The summed E-state index contributed by atoms with van der Waals surface area (Å²) in [6, 6.07) is 14.7. The summed E-state index contributed by atoms with van der Waals surface area (Å²) in [5.41, 5.74) is 6.02. The Morgan fingerprint density at radius 2 is 1.76 bits per heavy atom. The van der Waals surface area contributed by atoms with Crippen molar-refractivity contribution >= 4 is 5.69 Å². The highest BCUT2D eigenvalue weighted by atomic mass is 19.1. The summed E-state index contributed by atoms with van der Waals surface area (Å²) in [5, 5.41) is 14.8. The molecule has 1 atom stereocenters. The molecule has 0 amide bonds. The Hall–Kier alpha value is -3.45. The van der Waals surface area contributed by atoms with E-state index >= 15 is 0 Å². The summed E-state index contributed by atoms with van der Waals surface area (Å²) in [5.74, 6) is 0.640. The predicted molar refractivity (Wildman–Crippen MR) is 129 cm³/mol. The predicted octanol–water partition coefficient (Wildman–Crippen LogP) is 6.10. The number of anilines is 1. The van der Waals surface area contributed by atoms with E-state index in [-0.39, 0.29) is 11.9 Å². The zero-order valence-corrected chi connectivity index (χ0v) is 19.5. The van der Waals surface area contributed by atoms with Crippen molar-refractivity contribution in [2.75, 3.05) is 12.4 Å². The fourth-order valence-corrected chi connectivity index (χ4v) is 3.92. The third kappa shape index (κ3) is 5.49. The van der Waals surface area contributed by atoms with E-state index in [1.807, 2.05) is 37.9 Å². The minimum absolute atomic E-state index is 0.0404. The number of nitrogens with zero attached hydrogens (tertiary/aromatic N) is 3. The smallest absolute Gasteiger partial charge is 0.162 e. The van der Waals surface area contributed by atoms with Crippen LogP contribution >= 0.6 is 0 Å². The number of aromatic nitrogens is 3. The molecule has 2 aromatic heterocycles. The summed E-state index contributed by atoms with van der Waals surface area (Å²) < 4.78 is 20.9. The van der Waals surface area contributed by atoms with E-state index in [2.05, 4.69) is 39.7 Å². The second kappa shape index (κ2) is 11.4. The first-order valence-corrected chi connectivity index (χ1v) is 11.2. The number of nitrogens with one attached hydrogen (secondary N) is 1. The molecule has 0 saturated carbocycles. The molecule has 33 heavy (non-hydrogen) atoms. The number of aliphatic hydroxyl groups is 1. The molecule has 6 nitrogen and oxygen atoms in total. The van der Waals surface area contributed by atoms with Crippen molar-refractivity contribution in [3.63, 3.8) is 0 Å². The summed E-state index contributed by atoms with van der Waals surface area (Å²) in [4.78, 5) is 4.28. The largest absolute Gasteiger partial charge is 0.400 e. The third-order valence-electron chi connectivity index (χ3n) is 5.39. The first-order valence-electron chi connectivity index (χ1n) is 11.2. The van der Waals surface area contributed by atoms with Gasteiger partial charge in [0.05, 0.1) is 18.1 Å². The van der Waals surface area contributed by atoms with Crippen LogP contribution in [0.3, 0.4) is 0 Å². The van der Waals surface area contributed by atoms with Crippen LogP contribution in [0.5, 0.6) is 0 Å². The fourth-order valence-electron chi connectivity index (χ4n) is 3.92. The van der Waals surface area contributed by atoms with E-state index in [1.165, 1.54) is 12.1 Å². The number of benzene rings is 2. The Balaban J connectivity index is 0.000000728. The van der Waals surface area contributed by atoms with E-state index in [0.29, 0.717) is 0 Å². The second-order valence-corrected chi connectivity index (χ2v) is 7.44. The molecule has 5 rings (SSSR count). The van der Waals surface area contributed by atoms with E-state index in [0.717, 1.165) is 66.0 Å². The van der Waals surface area contributed by atoms with E-state index in [4.69, 9.17) is 9.63 Å². The molecular formula is C26H31FN4O2. The lowest BCUT2D eigenvalue weighted by atomic mass is 9.90. The van der Waals surface area contributed by atoms with E-state index in [1.54, 1.807) is 12.1 Å². The average Bonchev–Trinajstić information content (AvgIpc) is 3.50. The maximum absolute atomic E-state index is 13.2. The summed E-state index contributed by atoms with van der Waals surface area (Å²) in [7, 11) is 1.00. The molecule has 1 unspecified atom stereocenters. The van der Waals surface area contributed by atoms with Crippen molar-refractivity contribution < 1.29 is 14.0 Å². The molecule has 0 saturated heterocycles. The van der Waals surface area contributed by atoms with Crippen LogP contribution in [-0.2, 0) is 6.42 Å². The van der Waals surface area contributed by atoms with Crippen LogP contribution in [0.1, 0.15) is 49.7 Å². The summed E-state index contributed by atoms with van der Waals surface area (Å²) in [6.07, 6.45) is 6.76. The number of hydrogen-bond donors (Lipinski definition) is 2. The molecule has 2 N–H and O–H groups in total. The highest BCUT2D eigenvalue weighted by Gasteiger charge is 2.28. The zero-order chi connectivity index (χ0) is 23.8. The third-order valence-corrected chi connectivity index (χ3v) is 5.39. The van der Waals surface area contributed by atoms with Gasteiger partial charge in [0.15, 0.2) is 5.76 Å². The monoisotopic (exact) mass is 450 g/mol. The first-order chi connectivity index (χ1) is 16.2. The van der Waals surface area contributed by atoms with Gasteiger partial charge in [-0.2, -0.15) is 0 Å². The second-order valence-electron chi connectivity index (χ2n) is 7.44. The van der Waals surface area contributed by atoms with Crippen molar-refractivity contribution in [2.24, 2.45) is 0 Å². The molecule has 1 aliphatic rings. The summed E-state index contributed by atoms with van der Waals surface area (Å²) >= 11 is 0. The highest BCUT2D eigenvalue weighted by Crippen LogP contribution is 2.38. The van der Waals surface area contributed by atoms with Crippen LogP contribution in [0.25, 0.3) is 16.9 Å². The van der Waals surface area contributed by atoms with Crippen LogP contribution in [0.4, 0.5) is 10.1 Å². The number of halogens is 1. The zero-order valence-electron chi connectivity index (χ0n) is 19.5. The van der Waals surface area contributed by atoms with Gasteiger partial charge in [0.1, 0.15) is 11.5 Å². The maximum Gasteiger partial charge on any atom is 0.162 e. The number of hydrogen-bond acceptors (Lipinski definition) is 5. The molecule has 4 aromatic rings. The molecule has 0 bridgehead atoms. The van der Waals surface area contributed by atoms with Crippen molar-refractivity contribution in [1.29, 1.82) is 0 Å². The molecule has 0 spiro atoms. The van der Waals surface area contributed by atoms with Crippen LogP contribution in [0.15, 0.2) is 65.6 Å². The van der Waals surface area contributed by atoms with Gasteiger partial charge in [-0.1, -0.05) is 31.1 Å². The minimum Gasteiger partial charge on any atom is -0.400 e. The number of fused-ring (bicyclic) bond motifs is 1. The standard InChI is InChI=1S/C23H21FN4O.C2H6.CH4O/c1-15-13-28(14-25-15)19-11-5-16(6-12-19)22-20-3-2-4-21(23(20)29-27-22)26-18-9-7-17(24)8-10-18;2*1-2/h5-14,21,26H,2-4H2,1H3;1-2H3;2H,1H3. The van der Waals surface area contributed by atoms with Crippen LogP contribution in [-0.4, -0.2) is 26.9 Å². The molecule has 0 aliphatic heterocycles. The Kier molecular flexibility index (Phi) is 8.38. The number of imidazole rings is 1. The van der Waals surface area contributed by atoms with Gasteiger partial charge in [-0.15, -0.1) is 0 Å². The molecule has 2 aromatic carbocycles. The number of rotatable bonds is 4. The topological polar surface area (TPSA) is 76.1 Å². The lowest BCUT2D eigenvalue weighted by molar-refractivity contribution is 0.353. The summed E-state index contributed by atoms with van der Waals surface area (Å²) in [6.45, 7) is 5.98. The van der Waals surface area contributed by atoms with Gasteiger partial charge in [-0.3, -0.25) is 0 Å². The number of aliphatic hydroxyl groups excluding tert-OH is 1. The van der Waals surface area contributed by atoms with Gasteiger partial charge in [0.2, 0.25) is 0 Å². The van der Waals surface area contributed by atoms with Crippen molar-refractivity contribution in [3.05, 3.63) is 83.9 Å². The number of aryl methyl sites for hydroxylation is 1. The highest BCUT2D eigenvalue weighted by molar-refractivity contribution is 5.65. The molecule has 1 aliphatic carbocycles. The Labute approximate surface area is 194 Å². The fraction of sp³-hybridized carbons (Fsp3) is 0.308. The maximum atomic E-state index is 13.2. The van der Waals surface area contributed by atoms with E-state index in [9.17, 15) is 4.39 Å². The normalized spacial score (nSPS) is 14.3. The van der Waals surface area contributed by atoms with Gasteiger partial charge in [-0.25, -0.2) is 9.37 Å². The molecular weight excluding hydrogens is 419 g/mol. The lowest BCUT2D eigenvalue weighted by Gasteiger charge is -2.22. The minimum atomic E-state index is -0.240. The quantitative estimate of drug-likeness (QED) is 0.393. The van der Waals surface area contributed by atoms with Crippen molar-refractivity contribution in [2.45, 2.75) is 46.1 Å². The van der Waals surface area contributed by atoms with Gasteiger partial charge >= 0.3 is 0 Å². The van der Waals surface area contributed by atoms with Crippen molar-refractivity contribution in [3.8, 4) is 16.9 Å². The van der Waals surface area contributed by atoms with E-state index < -0.39 is 0 Å². The molecule has 2 heterocycles. The molecule has 174 valence electrons. The SMILES string of the molecule is CC.CO.Cc1cn(-c2ccc(-c3noc4c3CCCC4Nc3ccc(F)cc3)cc2)cn1. The van der Waals surface area contributed by atoms with Gasteiger partial charge in [0.25, 0.3) is 0 Å². The van der Waals surface area contributed by atoms with Gasteiger partial charge < -0.3 is 19.5 Å². The lowest BCUT2D eigenvalue weighted by Crippen LogP contribution is -2.16. The molecule has 0 fully saturated rings. The Bertz CT molecular complexity index is 1130. The molecule has 7 heteroatoms. The van der Waals surface area contributed by atoms with Crippen LogP contribution in [0.2, 0.25) is 0 Å².